The van der Waals surface area contributed by atoms with Gasteiger partial charge in [0.25, 0.3) is 0 Å². The van der Waals surface area contributed by atoms with Crippen molar-refractivity contribution < 1.29 is 9.90 Å². The molecule has 23 heavy (non-hydrogen) atoms. The predicted octanol–water partition coefficient (Wildman–Crippen LogP) is 2.29. The number of benzene rings is 1. The van der Waals surface area contributed by atoms with Crippen molar-refractivity contribution in [1.82, 2.24) is 4.90 Å². The van der Waals surface area contributed by atoms with Crippen molar-refractivity contribution in [2.75, 3.05) is 30.8 Å². The molecule has 2 aliphatic rings. The Balaban J connectivity index is 1.64. The minimum atomic E-state index is -0.496. The molecule has 2 atom stereocenters. The van der Waals surface area contributed by atoms with Gasteiger partial charge in [-0.15, -0.1) is 0 Å². The molecule has 1 aromatic carbocycles. The Morgan fingerprint density at radius 2 is 1.83 bits per heavy atom. The quantitative estimate of drug-likeness (QED) is 0.797. The van der Waals surface area contributed by atoms with Crippen LogP contribution in [-0.4, -0.2) is 48.2 Å². The van der Waals surface area contributed by atoms with Crippen molar-refractivity contribution in [2.45, 2.75) is 44.2 Å². The fourth-order valence-corrected chi connectivity index (χ4v) is 3.56. The molecule has 1 saturated carbocycles. The molecule has 0 bridgehead atoms. The van der Waals surface area contributed by atoms with Crippen LogP contribution in [0.4, 0.5) is 11.4 Å². The maximum absolute atomic E-state index is 12.4. The molecule has 0 radical (unpaired) electrons. The molecule has 2 unspecified atom stereocenters. The molecule has 1 aromatic rings. The summed E-state index contributed by atoms with van der Waals surface area (Å²) in [6.07, 6.45) is 4.16. The van der Waals surface area contributed by atoms with E-state index in [2.05, 4.69) is 22.6 Å². The first kappa shape index (κ1) is 16.3. The molecule has 1 aliphatic carbocycles. The summed E-state index contributed by atoms with van der Waals surface area (Å²) >= 11 is 0. The molecule has 5 heteroatoms. The van der Waals surface area contributed by atoms with Crippen molar-refractivity contribution in [3.05, 3.63) is 24.3 Å². The van der Waals surface area contributed by atoms with Crippen LogP contribution in [-0.2, 0) is 4.79 Å². The lowest BCUT2D eigenvalue weighted by atomic mass is 10.0. The van der Waals surface area contributed by atoms with Crippen LogP contribution in [0.25, 0.3) is 0 Å². The van der Waals surface area contributed by atoms with E-state index in [1.807, 2.05) is 24.3 Å². The number of carbonyl (C=O) groups excluding carboxylic acids is 1. The average molecular weight is 317 g/mol. The fraction of sp³-hybridized carbons (Fsp3) is 0.611. The highest BCUT2D eigenvalue weighted by Gasteiger charge is 2.31. The van der Waals surface area contributed by atoms with E-state index in [1.165, 1.54) is 0 Å². The van der Waals surface area contributed by atoms with Gasteiger partial charge in [0.2, 0.25) is 5.91 Å². The molecule has 0 aromatic heterocycles. The van der Waals surface area contributed by atoms with Gasteiger partial charge in [0.15, 0.2) is 0 Å². The van der Waals surface area contributed by atoms with E-state index >= 15 is 0 Å². The Morgan fingerprint density at radius 3 is 2.48 bits per heavy atom. The lowest BCUT2D eigenvalue weighted by molar-refractivity contribution is -0.122. The number of nitrogens with zero attached hydrogens (tertiary/aromatic N) is 1. The van der Waals surface area contributed by atoms with Crippen LogP contribution in [0.2, 0.25) is 0 Å². The highest BCUT2D eigenvalue weighted by molar-refractivity contribution is 5.96. The van der Waals surface area contributed by atoms with Crippen LogP contribution >= 0.6 is 0 Å². The molecule has 0 spiro atoms. The van der Waals surface area contributed by atoms with Gasteiger partial charge in [0.05, 0.1) is 23.4 Å². The van der Waals surface area contributed by atoms with Gasteiger partial charge in [-0.05, 0) is 64.4 Å². The first-order valence-electron chi connectivity index (χ1n) is 8.66. The number of anilines is 2. The van der Waals surface area contributed by atoms with Crippen LogP contribution in [0.3, 0.4) is 0 Å². The van der Waals surface area contributed by atoms with Crippen molar-refractivity contribution >= 4 is 17.3 Å². The Hall–Kier alpha value is -1.59. The van der Waals surface area contributed by atoms with Crippen LogP contribution < -0.4 is 10.6 Å². The SMILES string of the molecule is CN1CCC(Nc2ccccc2NC(=O)C2CCCC2O)CC1. The molecule has 3 rings (SSSR count). The van der Waals surface area contributed by atoms with E-state index in [1.54, 1.807) is 0 Å². The molecule has 2 fully saturated rings. The zero-order valence-electron chi connectivity index (χ0n) is 13.8. The number of hydrogen-bond donors (Lipinski definition) is 3. The summed E-state index contributed by atoms with van der Waals surface area (Å²) in [4.78, 5) is 14.7. The third-order valence-corrected chi connectivity index (χ3v) is 5.08. The second-order valence-electron chi connectivity index (χ2n) is 6.86. The van der Waals surface area contributed by atoms with Crippen molar-refractivity contribution in [3.63, 3.8) is 0 Å². The lowest BCUT2D eigenvalue weighted by Crippen LogP contribution is -2.37. The number of piperidine rings is 1. The van der Waals surface area contributed by atoms with E-state index in [9.17, 15) is 9.90 Å². The maximum Gasteiger partial charge on any atom is 0.230 e. The van der Waals surface area contributed by atoms with Crippen LogP contribution in [0.15, 0.2) is 24.3 Å². The standard InChI is InChI=1S/C18H27N3O2/c1-21-11-9-13(10-12-21)19-15-6-2-3-7-16(15)20-18(23)14-5-4-8-17(14)22/h2-3,6-7,13-14,17,19,22H,4-5,8-12H2,1H3,(H,20,23). The summed E-state index contributed by atoms with van der Waals surface area (Å²) in [5.41, 5.74) is 1.79. The van der Waals surface area contributed by atoms with Gasteiger partial charge >= 0.3 is 0 Å². The molecule has 1 heterocycles. The van der Waals surface area contributed by atoms with Crippen molar-refractivity contribution in [2.24, 2.45) is 5.92 Å². The number of para-hydroxylation sites is 2. The number of carbonyl (C=O) groups is 1. The number of likely N-dealkylation sites (tertiary alicyclic amines) is 1. The highest BCUT2D eigenvalue weighted by Crippen LogP contribution is 2.29. The smallest absolute Gasteiger partial charge is 0.230 e. The van der Waals surface area contributed by atoms with Gasteiger partial charge in [-0.1, -0.05) is 12.1 Å². The zero-order valence-corrected chi connectivity index (χ0v) is 13.8. The van der Waals surface area contributed by atoms with E-state index in [0.717, 1.165) is 56.6 Å². The summed E-state index contributed by atoms with van der Waals surface area (Å²) in [7, 11) is 2.15. The van der Waals surface area contributed by atoms with Crippen LogP contribution in [0.1, 0.15) is 32.1 Å². The molecule has 5 nitrogen and oxygen atoms in total. The largest absolute Gasteiger partial charge is 0.392 e. The normalized spacial score (nSPS) is 26.2. The number of rotatable bonds is 4. The molecule has 1 saturated heterocycles. The number of nitrogens with one attached hydrogen (secondary N) is 2. The second kappa shape index (κ2) is 7.32. The van der Waals surface area contributed by atoms with Gasteiger partial charge in [-0.3, -0.25) is 4.79 Å². The Bertz CT molecular complexity index is 541. The monoisotopic (exact) mass is 317 g/mol. The minimum absolute atomic E-state index is 0.0624. The van der Waals surface area contributed by atoms with E-state index in [4.69, 9.17) is 0 Å². The molecule has 1 amide bonds. The lowest BCUT2D eigenvalue weighted by Gasteiger charge is -2.30. The topological polar surface area (TPSA) is 64.6 Å². The summed E-state index contributed by atoms with van der Waals surface area (Å²) in [6, 6.07) is 8.30. The van der Waals surface area contributed by atoms with E-state index in [0.29, 0.717) is 6.04 Å². The van der Waals surface area contributed by atoms with Crippen molar-refractivity contribution in [1.29, 1.82) is 0 Å². The summed E-state index contributed by atoms with van der Waals surface area (Å²) in [6.45, 7) is 2.20. The molecule has 3 N–H and O–H groups in total. The Morgan fingerprint density at radius 1 is 1.13 bits per heavy atom. The molecular weight excluding hydrogens is 290 g/mol. The number of hydrogen-bond acceptors (Lipinski definition) is 4. The number of aliphatic hydroxyl groups is 1. The fourth-order valence-electron chi connectivity index (χ4n) is 3.56. The molecular formula is C18H27N3O2. The maximum atomic E-state index is 12.4. The van der Waals surface area contributed by atoms with Crippen LogP contribution in [0.5, 0.6) is 0 Å². The van der Waals surface area contributed by atoms with Crippen LogP contribution in [0, 0.1) is 5.92 Å². The molecule has 1 aliphatic heterocycles. The van der Waals surface area contributed by atoms with E-state index < -0.39 is 6.10 Å². The second-order valence-corrected chi connectivity index (χ2v) is 6.86. The van der Waals surface area contributed by atoms with Gasteiger partial charge in [-0.2, -0.15) is 0 Å². The predicted molar refractivity (Wildman–Crippen MR) is 92.6 cm³/mol. The third-order valence-electron chi connectivity index (χ3n) is 5.08. The van der Waals surface area contributed by atoms with Gasteiger partial charge in [0.1, 0.15) is 0 Å². The number of amides is 1. The summed E-state index contributed by atoms with van der Waals surface area (Å²) < 4.78 is 0. The third kappa shape index (κ3) is 4.03. The first-order chi connectivity index (χ1) is 11.1. The first-order valence-corrected chi connectivity index (χ1v) is 8.66. The Kier molecular flexibility index (Phi) is 5.18. The highest BCUT2D eigenvalue weighted by atomic mass is 16.3. The minimum Gasteiger partial charge on any atom is -0.392 e. The number of aliphatic hydroxyl groups excluding tert-OH is 1. The molecule has 126 valence electrons. The van der Waals surface area contributed by atoms with Gasteiger partial charge in [-0.25, -0.2) is 0 Å². The average Bonchev–Trinajstić information content (AvgIpc) is 2.97. The zero-order chi connectivity index (χ0) is 16.2. The van der Waals surface area contributed by atoms with Gasteiger partial charge < -0.3 is 20.6 Å². The van der Waals surface area contributed by atoms with Crippen molar-refractivity contribution in [3.8, 4) is 0 Å². The van der Waals surface area contributed by atoms with E-state index in [-0.39, 0.29) is 11.8 Å². The summed E-state index contributed by atoms with van der Waals surface area (Å²) in [5.74, 6) is -0.334. The van der Waals surface area contributed by atoms with Gasteiger partial charge in [0, 0.05) is 6.04 Å². The Labute approximate surface area is 138 Å². The summed E-state index contributed by atoms with van der Waals surface area (Å²) in [5, 5.41) is 16.5.